The number of aryl methyl sites for hydroxylation is 2. The molecule has 84 valence electrons. The van der Waals surface area contributed by atoms with Crippen LogP contribution in [-0.2, 0) is 0 Å². The quantitative estimate of drug-likeness (QED) is 0.887. The van der Waals surface area contributed by atoms with E-state index in [4.69, 9.17) is 0 Å². The Morgan fingerprint density at radius 2 is 2.12 bits per heavy atom. The molecule has 5 heteroatoms. The molecule has 0 saturated carbocycles. The monoisotopic (exact) mass is 234 g/mol. The first-order valence-corrected chi connectivity index (χ1v) is 6.01. The molecular formula is C11H14N4S. The van der Waals surface area contributed by atoms with Crippen LogP contribution in [0.2, 0.25) is 0 Å². The van der Waals surface area contributed by atoms with Crippen LogP contribution in [0.25, 0.3) is 0 Å². The highest BCUT2D eigenvalue weighted by Gasteiger charge is 2.08. The average Bonchev–Trinajstić information content (AvgIpc) is 2.68. The molecule has 2 aromatic rings. The first-order chi connectivity index (χ1) is 7.65. The molecule has 2 rings (SSSR count). The largest absolute Gasteiger partial charge is 0.361 e. The number of nitrogens with zero attached hydrogens (tertiary/aromatic N) is 3. The summed E-state index contributed by atoms with van der Waals surface area (Å²) in [7, 11) is 0. The highest BCUT2D eigenvalue weighted by molar-refractivity contribution is 7.09. The standard InChI is InChI=1S/C11H14N4S/c1-7-6-10(15-9(3)13-7)14-8(2)11-12-4-5-16-11/h4-6,8H,1-3H3,(H,13,14,15). The molecule has 2 aromatic heterocycles. The summed E-state index contributed by atoms with van der Waals surface area (Å²) in [5.41, 5.74) is 0.973. The third-order valence-electron chi connectivity index (χ3n) is 2.15. The molecular weight excluding hydrogens is 220 g/mol. The minimum absolute atomic E-state index is 0.175. The summed E-state index contributed by atoms with van der Waals surface area (Å²) >= 11 is 1.64. The van der Waals surface area contributed by atoms with Crippen molar-refractivity contribution in [1.29, 1.82) is 0 Å². The van der Waals surface area contributed by atoms with Crippen molar-refractivity contribution in [3.05, 3.63) is 34.2 Å². The van der Waals surface area contributed by atoms with E-state index in [0.29, 0.717) is 0 Å². The zero-order valence-corrected chi connectivity index (χ0v) is 10.4. The van der Waals surface area contributed by atoms with Crippen molar-refractivity contribution in [3.8, 4) is 0 Å². The van der Waals surface area contributed by atoms with Gasteiger partial charge in [-0.1, -0.05) is 0 Å². The first-order valence-electron chi connectivity index (χ1n) is 5.13. The fourth-order valence-corrected chi connectivity index (χ4v) is 2.17. The van der Waals surface area contributed by atoms with Crippen LogP contribution in [0, 0.1) is 13.8 Å². The lowest BCUT2D eigenvalue weighted by Crippen LogP contribution is -2.08. The van der Waals surface area contributed by atoms with Crippen LogP contribution in [0.5, 0.6) is 0 Å². The Balaban J connectivity index is 2.15. The van der Waals surface area contributed by atoms with Gasteiger partial charge in [-0.15, -0.1) is 11.3 Å². The smallest absolute Gasteiger partial charge is 0.130 e. The second-order valence-corrected chi connectivity index (χ2v) is 4.60. The topological polar surface area (TPSA) is 50.7 Å². The van der Waals surface area contributed by atoms with Crippen LogP contribution >= 0.6 is 11.3 Å². The first kappa shape index (κ1) is 11.0. The van der Waals surface area contributed by atoms with Crippen molar-refractivity contribution in [2.45, 2.75) is 26.8 Å². The SMILES string of the molecule is Cc1cc(NC(C)c2nccs2)nc(C)n1. The molecule has 4 nitrogen and oxygen atoms in total. The van der Waals surface area contributed by atoms with Crippen LogP contribution < -0.4 is 5.32 Å². The Bertz CT molecular complexity index is 447. The van der Waals surface area contributed by atoms with Crippen LogP contribution in [0.4, 0.5) is 5.82 Å². The van der Waals surface area contributed by atoms with Crippen molar-refractivity contribution in [1.82, 2.24) is 15.0 Å². The summed E-state index contributed by atoms with van der Waals surface area (Å²) in [5, 5.41) is 6.36. The van der Waals surface area contributed by atoms with Gasteiger partial charge in [0.2, 0.25) is 0 Å². The van der Waals surface area contributed by atoms with E-state index in [-0.39, 0.29) is 6.04 Å². The zero-order chi connectivity index (χ0) is 11.5. The summed E-state index contributed by atoms with van der Waals surface area (Å²) in [6.07, 6.45) is 1.81. The molecule has 0 aromatic carbocycles. The van der Waals surface area contributed by atoms with E-state index in [1.807, 2.05) is 31.5 Å². The predicted molar refractivity (Wildman–Crippen MR) is 65.7 cm³/mol. The Labute approximate surface area is 98.8 Å². The highest BCUT2D eigenvalue weighted by Crippen LogP contribution is 2.19. The molecule has 1 N–H and O–H groups in total. The van der Waals surface area contributed by atoms with Gasteiger partial charge in [0.25, 0.3) is 0 Å². The Hall–Kier alpha value is -1.49. The second-order valence-electron chi connectivity index (χ2n) is 3.68. The van der Waals surface area contributed by atoms with Gasteiger partial charge in [0.15, 0.2) is 0 Å². The van der Waals surface area contributed by atoms with E-state index in [0.717, 1.165) is 22.3 Å². The number of aromatic nitrogens is 3. The molecule has 0 aliphatic heterocycles. The zero-order valence-electron chi connectivity index (χ0n) is 9.56. The molecule has 0 aliphatic carbocycles. The summed E-state index contributed by atoms with van der Waals surface area (Å²) in [4.78, 5) is 12.8. The highest BCUT2D eigenvalue weighted by atomic mass is 32.1. The summed E-state index contributed by atoms with van der Waals surface area (Å²) in [5.74, 6) is 1.64. The van der Waals surface area contributed by atoms with Crippen molar-refractivity contribution < 1.29 is 0 Å². The van der Waals surface area contributed by atoms with Crippen molar-refractivity contribution in [2.75, 3.05) is 5.32 Å². The number of anilines is 1. The number of hydrogen-bond donors (Lipinski definition) is 1. The van der Waals surface area contributed by atoms with Gasteiger partial charge in [-0.2, -0.15) is 0 Å². The molecule has 0 bridgehead atoms. The third-order valence-corrected chi connectivity index (χ3v) is 3.11. The molecule has 0 aliphatic rings. The number of nitrogens with one attached hydrogen (secondary N) is 1. The van der Waals surface area contributed by atoms with Gasteiger partial charge in [-0.25, -0.2) is 15.0 Å². The maximum Gasteiger partial charge on any atom is 0.130 e. The third kappa shape index (κ3) is 2.55. The van der Waals surface area contributed by atoms with Gasteiger partial charge in [0, 0.05) is 23.3 Å². The van der Waals surface area contributed by atoms with E-state index in [9.17, 15) is 0 Å². The fraction of sp³-hybridized carbons (Fsp3) is 0.364. The summed E-state index contributed by atoms with van der Waals surface area (Å²) in [6, 6.07) is 2.12. The van der Waals surface area contributed by atoms with Crippen LogP contribution in [0.1, 0.15) is 29.5 Å². The van der Waals surface area contributed by atoms with E-state index in [2.05, 4.69) is 27.2 Å². The molecule has 2 heterocycles. The molecule has 16 heavy (non-hydrogen) atoms. The van der Waals surface area contributed by atoms with Gasteiger partial charge >= 0.3 is 0 Å². The van der Waals surface area contributed by atoms with E-state index < -0.39 is 0 Å². The maximum atomic E-state index is 4.34. The van der Waals surface area contributed by atoms with Crippen LogP contribution in [0.3, 0.4) is 0 Å². The summed E-state index contributed by atoms with van der Waals surface area (Å²) in [6.45, 7) is 5.94. The number of thiazole rings is 1. The van der Waals surface area contributed by atoms with Gasteiger partial charge < -0.3 is 5.32 Å². The molecule has 0 amide bonds. The van der Waals surface area contributed by atoms with E-state index in [1.165, 1.54) is 0 Å². The second kappa shape index (κ2) is 4.57. The lowest BCUT2D eigenvalue weighted by Gasteiger charge is -2.12. The molecule has 1 atom stereocenters. The van der Waals surface area contributed by atoms with E-state index >= 15 is 0 Å². The Morgan fingerprint density at radius 1 is 1.31 bits per heavy atom. The molecule has 0 radical (unpaired) electrons. The predicted octanol–water partition coefficient (Wildman–Crippen LogP) is 2.72. The molecule has 0 fully saturated rings. The number of rotatable bonds is 3. The molecule has 0 spiro atoms. The lowest BCUT2D eigenvalue weighted by atomic mass is 10.3. The summed E-state index contributed by atoms with van der Waals surface area (Å²) < 4.78 is 0. The minimum atomic E-state index is 0.175. The van der Waals surface area contributed by atoms with Crippen molar-refractivity contribution in [2.24, 2.45) is 0 Å². The minimum Gasteiger partial charge on any atom is -0.361 e. The lowest BCUT2D eigenvalue weighted by molar-refractivity contribution is 0.852. The van der Waals surface area contributed by atoms with Crippen LogP contribution in [0.15, 0.2) is 17.6 Å². The van der Waals surface area contributed by atoms with Gasteiger partial charge in [-0.05, 0) is 20.8 Å². The Kier molecular flexibility index (Phi) is 3.14. The van der Waals surface area contributed by atoms with E-state index in [1.54, 1.807) is 11.3 Å². The normalized spacial score (nSPS) is 12.4. The van der Waals surface area contributed by atoms with Crippen molar-refractivity contribution >= 4 is 17.2 Å². The van der Waals surface area contributed by atoms with Gasteiger partial charge in [0.05, 0.1) is 6.04 Å². The number of hydrogen-bond acceptors (Lipinski definition) is 5. The maximum absolute atomic E-state index is 4.34. The van der Waals surface area contributed by atoms with Gasteiger partial charge in [0.1, 0.15) is 16.6 Å². The van der Waals surface area contributed by atoms with Crippen LogP contribution in [-0.4, -0.2) is 15.0 Å². The fourth-order valence-electron chi connectivity index (χ4n) is 1.52. The van der Waals surface area contributed by atoms with Gasteiger partial charge in [-0.3, -0.25) is 0 Å². The molecule has 1 unspecified atom stereocenters. The average molecular weight is 234 g/mol. The van der Waals surface area contributed by atoms with Crippen molar-refractivity contribution in [3.63, 3.8) is 0 Å². The molecule has 0 saturated heterocycles. The Morgan fingerprint density at radius 3 is 2.75 bits per heavy atom.